The van der Waals surface area contributed by atoms with Gasteiger partial charge in [0.25, 0.3) is 5.91 Å². The smallest absolute Gasteiger partial charge is 0.265 e. The second kappa shape index (κ2) is 10.2. The third kappa shape index (κ3) is 5.81. The number of nitrogens with zero attached hydrogens (tertiary/aromatic N) is 2. The molecule has 180 valence electrons. The number of amides is 2. The maximum atomic E-state index is 13.5. The number of primary amides is 1. The molecule has 5 rings (SSSR count). The first kappa shape index (κ1) is 24.3. The number of hydrogen-bond acceptors (Lipinski definition) is 3. The first-order valence-electron chi connectivity index (χ1n) is 10.6. The number of carbonyl (C=O) groups is 2. The Morgan fingerprint density at radius 2 is 1.71 bits per heavy atom. The Hall–Kier alpha value is -3.85. The maximum absolute atomic E-state index is 13.5. The van der Waals surface area contributed by atoms with E-state index in [4.69, 9.17) is 17.3 Å². The summed E-state index contributed by atoms with van der Waals surface area (Å²) < 4.78 is 39.5. The number of aromatic amines is 1. The lowest BCUT2D eigenvalue weighted by Gasteiger charge is -2.15. The molecule has 3 heterocycles. The molecule has 4 aromatic rings. The summed E-state index contributed by atoms with van der Waals surface area (Å²) in [6.07, 6.45) is 1.86. The molecule has 6 nitrogen and oxygen atoms in total. The number of fused-ring (bicyclic) bond motifs is 2. The molecule has 0 aliphatic carbocycles. The van der Waals surface area contributed by atoms with Crippen LogP contribution in [0.2, 0.25) is 5.02 Å². The van der Waals surface area contributed by atoms with Crippen LogP contribution in [0.5, 0.6) is 0 Å². The highest BCUT2D eigenvalue weighted by Gasteiger charge is 2.23. The molecule has 2 aromatic carbocycles. The van der Waals surface area contributed by atoms with Crippen LogP contribution in [0.1, 0.15) is 33.6 Å². The highest BCUT2D eigenvalue weighted by atomic mass is 35.5. The summed E-state index contributed by atoms with van der Waals surface area (Å²) >= 11 is 5.71. The van der Waals surface area contributed by atoms with Crippen molar-refractivity contribution >= 4 is 34.4 Å². The molecule has 0 saturated heterocycles. The van der Waals surface area contributed by atoms with Crippen molar-refractivity contribution in [3.63, 3.8) is 0 Å². The van der Waals surface area contributed by atoms with Crippen LogP contribution in [0.15, 0.2) is 54.7 Å². The molecule has 35 heavy (non-hydrogen) atoms. The Balaban J connectivity index is 0.000000189. The molecule has 0 fully saturated rings. The van der Waals surface area contributed by atoms with E-state index in [1.807, 2.05) is 0 Å². The lowest BCUT2D eigenvalue weighted by Crippen LogP contribution is -2.25. The largest absolute Gasteiger partial charge is 0.364 e. The molecule has 2 amide bonds. The predicted octanol–water partition coefficient (Wildman–Crippen LogP) is 4.89. The Morgan fingerprint density at radius 1 is 1.00 bits per heavy atom. The van der Waals surface area contributed by atoms with Crippen LogP contribution in [-0.4, -0.2) is 26.7 Å². The molecule has 0 spiro atoms. The fraction of sp³-hybridized carbons (Fsp3) is 0.160. The first-order valence-corrected chi connectivity index (χ1v) is 11.0. The number of nitrogens with two attached hydrogens (primary N) is 1. The van der Waals surface area contributed by atoms with Gasteiger partial charge in [0.1, 0.15) is 28.8 Å². The molecule has 3 N–H and O–H groups in total. The molecule has 0 atom stereocenters. The summed E-state index contributed by atoms with van der Waals surface area (Å²) in [5.41, 5.74) is 8.09. The number of halogens is 4. The van der Waals surface area contributed by atoms with Crippen LogP contribution >= 0.6 is 11.6 Å². The molecular weight excluding hydrogens is 481 g/mol. The minimum atomic E-state index is -0.639. The summed E-state index contributed by atoms with van der Waals surface area (Å²) in [7, 11) is 0. The van der Waals surface area contributed by atoms with Crippen molar-refractivity contribution < 1.29 is 22.8 Å². The fourth-order valence-electron chi connectivity index (χ4n) is 3.78. The third-order valence-corrected chi connectivity index (χ3v) is 5.78. The average molecular weight is 501 g/mol. The SMILES string of the molecule is NC(=O)c1cc2cc(Cl)cnc2[nH]1.O=C(CCc1ccc(F)cc1F)N1Cc2ccc(F)cc2C1. The highest BCUT2D eigenvalue weighted by Crippen LogP contribution is 2.24. The summed E-state index contributed by atoms with van der Waals surface area (Å²) in [4.78, 5) is 31.4. The summed E-state index contributed by atoms with van der Waals surface area (Å²) in [6, 6.07) is 11.2. The van der Waals surface area contributed by atoms with Crippen LogP contribution in [0.4, 0.5) is 13.2 Å². The zero-order valence-electron chi connectivity index (χ0n) is 18.3. The topological polar surface area (TPSA) is 92.1 Å². The lowest BCUT2D eigenvalue weighted by atomic mass is 10.1. The molecule has 10 heteroatoms. The Morgan fingerprint density at radius 3 is 2.46 bits per heavy atom. The van der Waals surface area contributed by atoms with E-state index in [9.17, 15) is 22.8 Å². The fourth-order valence-corrected chi connectivity index (χ4v) is 3.95. The van der Waals surface area contributed by atoms with Gasteiger partial charge < -0.3 is 15.6 Å². The summed E-state index contributed by atoms with van der Waals surface area (Å²) in [5, 5.41) is 1.31. The maximum Gasteiger partial charge on any atom is 0.265 e. The second-order valence-electron chi connectivity index (χ2n) is 8.04. The number of pyridine rings is 1. The zero-order valence-corrected chi connectivity index (χ0v) is 19.1. The Bertz CT molecular complexity index is 1420. The monoisotopic (exact) mass is 500 g/mol. The van der Waals surface area contributed by atoms with E-state index < -0.39 is 17.5 Å². The minimum Gasteiger partial charge on any atom is -0.364 e. The summed E-state index contributed by atoms with van der Waals surface area (Å²) in [5.74, 6) is -2.22. The van der Waals surface area contributed by atoms with Crippen molar-refractivity contribution in [2.75, 3.05) is 0 Å². The van der Waals surface area contributed by atoms with Gasteiger partial charge in [0.2, 0.25) is 5.91 Å². The zero-order chi connectivity index (χ0) is 25.1. The van der Waals surface area contributed by atoms with E-state index in [0.29, 0.717) is 35.0 Å². The molecule has 0 unspecified atom stereocenters. The number of nitrogens with one attached hydrogen (secondary N) is 1. The van der Waals surface area contributed by atoms with E-state index in [0.717, 1.165) is 22.6 Å². The quantitative estimate of drug-likeness (QED) is 0.418. The van der Waals surface area contributed by atoms with Gasteiger partial charge in [0.05, 0.1) is 5.02 Å². The molecule has 0 bridgehead atoms. The minimum absolute atomic E-state index is 0.125. The number of carbonyl (C=O) groups excluding carboxylic acids is 2. The van der Waals surface area contributed by atoms with Gasteiger partial charge in [-0.05, 0) is 53.4 Å². The molecule has 1 aliphatic heterocycles. The molecule has 1 aliphatic rings. The lowest BCUT2D eigenvalue weighted by molar-refractivity contribution is -0.131. The first-order chi connectivity index (χ1) is 16.7. The number of rotatable bonds is 4. The second-order valence-corrected chi connectivity index (χ2v) is 8.47. The van der Waals surface area contributed by atoms with Gasteiger partial charge in [-0.2, -0.15) is 0 Å². The van der Waals surface area contributed by atoms with E-state index in [1.54, 1.807) is 23.1 Å². The number of aromatic nitrogens is 2. The number of hydrogen-bond donors (Lipinski definition) is 2. The van der Waals surface area contributed by atoms with Crippen LogP contribution in [0.25, 0.3) is 11.0 Å². The van der Waals surface area contributed by atoms with E-state index >= 15 is 0 Å². The van der Waals surface area contributed by atoms with Gasteiger partial charge in [-0.3, -0.25) is 9.59 Å². The van der Waals surface area contributed by atoms with Crippen molar-refractivity contribution in [3.05, 3.63) is 99.6 Å². The van der Waals surface area contributed by atoms with Crippen molar-refractivity contribution in [2.45, 2.75) is 25.9 Å². The van der Waals surface area contributed by atoms with Gasteiger partial charge in [-0.1, -0.05) is 23.7 Å². The predicted molar refractivity (Wildman–Crippen MR) is 125 cm³/mol. The van der Waals surface area contributed by atoms with Crippen LogP contribution in [0, 0.1) is 17.5 Å². The normalized spacial score (nSPS) is 12.3. The summed E-state index contributed by atoms with van der Waals surface area (Å²) in [6.45, 7) is 0.818. The molecular formula is C25H20ClF3N4O2. The van der Waals surface area contributed by atoms with Crippen molar-refractivity contribution in [2.24, 2.45) is 5.73 Å². The van der Waals surface area contributed by atoms with E-state index in [-0.39, 0.29) is 24.6 Å². The standard InChI is InChI=1S/C17H14F3NO.C8H6ClN3O/c18-14-5-2-12-9-21(10-13(12)7-14)17(22)6-3-11-1-4-15(19)8-16(11)20;9-5-1-4-2-6(7(10)13)12-8(4)11-3-5/h1-2,4-5,7-8H,3,6,9-10H2;1-3H,(H2,10,13)(H,11,12). The highest BCUT2D eigenvalue weighted by molar-refractivity contribution is 6.31. The van der Waals surface area contributed by atoms with Crippen LogP contribution in [-0.2, 0) is 24.3 Å². The van der Waals surface area contributed by atoms with Gasteiger partial charge in [0, 0.05) is 37.2 Å². The van der Waals surface area contributed by atoms with Crippen molar-refractivity contribution in [3.8, 4) is 0 Å². The van der Waals surface area contributed by atoms with Crippen LogP contribution < -0.4 is 5.73 Å². The van der Waals surface area contributed by atoms with E-state index in [2.05, 4.69) is 9.97 Å². The van der Waals surface area contributed by atoms with Crippen LogP contribution in [0.3, 0.4) is 0 Å². The number of aryl methyl sites for hydroxylation is 1. The average Bonchev–Trinajstić information content (AvgIpc) is 3.42. The Labute approximate surface area is 203 Å². The van der Waals surface area contributed by atoms with E-state index in [1.165, 1.54) is 30.5 Å². The molecule has 2 aromatic heterocycles. The third-order valence-electron chi connectivity index (χ3n) is 5.57. The van der Waals surface area contributed by atoms with Gasteiger partial charge in [-0.25, -0.2) is 18.2 Å². The van der Waals surface area contributed by atoms with Gasteiger partial charge in [0.15, 0.2) is 0 Å². The van der Waals surface area contributed by atoms with Gasteiger partial charge >= 0.3 is 0 Å². The molecule has 0 radical (unpaired) electrons. The van der Waals surface area contributed by atoms with Gasteiger partial charge in [-0.15, -0.1) is 0 Å². The Kier molecular flexibility index (Phi) is 7.07. The molecule has 0 saturated carbocycles. The van der Waals surface area contributed by atoms with Crippen molar-refractivity contribution in [1.82, 2.24) is 14.9 Å². The number of benzene rings is 2. The number of H-pyrrole nitrogens is 1. The van der Waals surface area contributed by atoms with Crippen molar-refractivity contribution in [1.29, 1.82) is 0 Å².